The SMILES string of the molecule is CN=C(NCCc1ccc(OC)cc1)NCC1CCCN1CCOC.I. The highest BCUT2D eigenvalue weighted by molar-refractivity contribution is 14.0. The summed E-state index contributed by atoms with van der Waals surface area (Å²) in [5.41, 5.74) is 1.28. The van der Waals surface area contributed by atoms with Crippen LogP contribution in [0.15, 0.2) is 29.3 Å². The quantitative estimate of drug-likeness (QED) is 0.325. The van der Waals surface area contributed by atoms with E-state index in [1.54, 1.807) is 14.2 Å². The van der Waals surface area contributed by atoms with Crippen LogP contribution in [0.5, 0.6) is 5.75 Å². The van der Waals surface area contributed by atoms with Crippen LogP contribution >= 0.6 is 24.0 Å². The standard InChI is InChI=1S/C19H32N4O2.HI/c1-20-19(21-11-10-16-6-8-18(25-3)9-7-16)22-15-17-5-4-12-23(17)13-14-24-2;/h6-9,17H,4-5,10-15H2,1-3H3,(H2,20,21,22);1H. The number of hydrogen-bond acceptors (Lipinski definition) is 4. The van der Waals surface area contributed by atoms with Crippen molar-refractivity contribution in [2.24, 2.45) is 4.99 Å². The number of guanidine groups is 1. The molecule has 2 rings (SSSR count). The Balaban J connectivity index is 0.00000338. The summed E-state index contributed by atoms with van der Waals surface area (Å²) in [7, 11) is 5.27. The molecule has 1 unspecified atom stereocenters. The molecule has 1 aromatic carbocycles. The van der Waals surface area contributed by atoms with Crippen LogP contribution in [0.4, 0.5) is 0 Å². The number of aliphatic imine (C=N–C) groups is 1. The summed E-state index contributed by atoms with van der Waals surface area (Å²) in [6.07, 6.45) is 3.45. The minimum absolute atomic E-state index is 0. The van der Waals surface area contributed by atoms with E-state index < -0.39 is 0 Å². The highest BCUT2D eigenvalue weighted by Crippen LogP contribution is 2.15. The minimum atomic E-state index is 0. The van der Waals surface area contributed by atoms with E-state index in [-0.39, 0.29) is 24.0 Å². The lowest BCUT2D eigenvalue weighted by Crippen LogP contribution is -2.45. The smallest absolute Gasteiger partial charge is 0.191 e. The fourth-order valence-corrected chi connectivity index (χ4v) is 3.18. The zero-order chi connectivity index (χ0) is 17.9. The zero-order valence-electron chi connectivity index (χ0n) is 16.2. The Labute approximate surface area is 174 Å². The molecular weight excluding hydrogens is 443 g/mol. The highest BCUT2D eigenvalue weighted by atomic mass is 127. The van der Waals surface area contributed by atoms with Crippen molar-refractivity contribution in [3.63, 3.8) is 0 Å². The summed E-state index contributed by atoms with van der Waals surface area (Å²) in [6, 6.07) is 8.76. The molecule has 148 valence electrons. The summed E-state index contributed by atoms with van der Waals surface area (Å²) in [5.74, 6) is 1.76. The van der Waals surface area contributed by atoms with Gasteiger partial charge in [-0.3, -0.25) is 9.89 Å². The molecule has 1 aliphatic heterocycles. The maximum absolute atomic E-state index is 5.20. The summed E-state index contributed by atoms with van der Waals surface area (Å²) in [5, 5.41) is 6.85. The molecule has 6 nitrogen and oxygen atoms in total. The van der Waals surface area contributed by atoms with Crippen molar-refractivity contribution in [3.05, 3.63) is 29.8 Å². The Bertz CT molecular complexity index is 525. The van der Waals surface area contributed by atoms with Crippen molar-refractivity contribution in [1.82, 2.24) is 15.5 Å². The Hall–Kier alpha value is -1.06. The number of hydrogen-bond donors (Lipinski definition) is 2. The topological polar surface area (TPSA) is 58.1 Å². The maximum Gasteiger partial charge on any atom is 0.191 e. The lowest BCUT2D eigenvalue weighted by Gasteiger charge is -2.25. The van der Waals surface area contributed by atoms with E-state index in [0.29, 0.717) is 6.04 Å². The summed E-state index contributed by atoms with van der Waals surface area (Å²) >= 11 is 0. The van der Waals surface area contributed by atoms with E-state index >= 15 is 0 Å². The molecule has 1 heterocycles. The average Bonchev–Trinajstić information content (AvgIpc) is 3.10. The van der Waals surface area contributed by atoms with Crippen molar-refractivity contribution >= 4 is 29.9 Å². The van der Waals surface area contributed by atoms with Gasteiger partial charge in [0.05, 0.1) is 13.7 Å². The second-order valence-corrected chi connectivity index (χ2v) is 6.30. The molecule has 1 fully saturated rings. The molecule has 7 heteroatoms. The van der Waals surface area contributed by atoms with E-state index in [2.05, 4.69) is 32.7 Å². The van der Waals surface area contributed by atoms with Gasteiger partial charge in [0.2, 0.25) is 0 Å². The Kier molecular flexibility index (Phi) is 11.6. The third kappa shape index (κ3) is 7.67. The van der Waals surface area contributed by atoms with Crippen LogP contribution in [0.2, 0.25) is 0 Å². The van der Waals surface area contributed by atoms with Gasteiger partial charge in [0.25, 0.3) is 0 Å². The number of ether oxygens (including phenoxy) is 2. The second kappa shape index (κ2) is 13.2. The third-order valence-electron chi connectivity index (χ3n) is 4.68. The van der Waals surface area contributed by atoms with Crippen molar-refractivity contribution in [2.75, 3.05) is 54.1 Å². The number of halogens is 1. The lowest BCUT2D eigenvalue weighted by atomic mass is 10.1. The van der Waals surface area contributed by atoms with Crippen molar-refractivity contribution in [2.45, 2.75) is 25.3 Å². The Morgan fingerprint density at radius 1 is 1.23 bits per heavy atom. The number of nitrogens with zero attached hydrogens (tertiary/aromatic N) is 2. The van der Waals surface area contributed by atoms with Gasteiger partial charge in [-0.2, -0.15) is 0 Å². The number of methoxy groups -OCH3 is 2. The molecule has 0 spiro atoms. The van der Waals surface area contributed by atoms with Crippen LogP contribution in [0, 0.1) is 0 Å². The zero-order valence-corrected chi connectivity index (χ0v) is 18.5. The predicted molar refractivity (Wildman–Crippen MR) is 118 cm³/mol. The molecule has 2 N–H and O–H groups in total. The van der Waals surface area contributed by atoms with Crippen LogP contribution in [0.3, 0.4) is 0 Å². The first-order valence-corrected chi connectivity index (χ1v) is 9.07. The van der Waals surface area contributed by atoms with Gasteiger partial charge in [-0.05, 0) is 43.5 Å². The minimum Gasteiger partial charge on any atom is -0.497 e. The Morgan fingerprint density at radius 2 is 2.00 bits per heavy atom. The molecule has 0 bridgehead atoms. The van der Waals surface area contributed by atoms with Crippen LogP contribution in [0.1, 0.15) is 18.4 Å². The van der Waals surface area contributed by atoms with E-state index in [9.17, 15) is 0 Å². The van der Waals surface area contributed by atoms with Crippen LogP contribution in [0.25, 0.3) is 0 Å². The molecule has 1 aliphatic rings. The largest absolute Gasteiger partial charge is 0.497 e. The second-order valence-electron chi connectivity index (χ2n) is 6.30. The van der Waals surface area contributed by atoms with E-state index in [1.807, 2.05) is 19.2 Å². The summed E-state index contributed by atoms with van der Waals surface area (Å²) < 4.78 is 10.4. The number of nitrogens with one attached hydrogen (secondary N) is 2. The molecule has 0 saturated carbocycles. The van der Waals surface area contributed by atoms with Gasteiger partial charge in [-0.1, -0.05) is 12.1 Å². The van der Waals surface area contributed by atoms with Gasteiger partial charge >= 0.3 is 0 Å². The van der Waals surface area contributed by atoms with Gasteiger partial charge in [0.1, 0.15) is 5.75 Å². The van der Waals surface area contributed by atoms with E-state index in [0.717, 1.165) is 44.4 Å². The van der Waals surface area contributed by atoms with Gasteiger partial charge in [0, 0.05) is 39.8 Å². The third-order valence-corrected chi connectivity index (χ3v) is 4.68. The van der Waals surface area contributed by atoms with Crippen molar-refractivity contribution in [1.29, 1.82) is 0 Å². The molecule has 0 radical (unpaired) electrons. The molecular formula is C19H33IN4O2. The van der Waals surface area contributed by atoms with Gasteiger partial charge < -0.3 is 20.1 Å². The van der Waals surface area contributed by atoms with Crippen LogP contribution < -0.4 is 15.4 Å². The first-order chi connectivity index (χ1) is 12.3. The highest BCUT2D eigenvalue weighted by Gasteiger charge is 2.23. The number of rotatable bonds is 9. The first-order valence-electron chi connectivity index (χ1n) is 9.07. The molecule has 1 saturated heterocycles. The molecule has 0 aromatic heterocycles. The summed E-state index contributed by atoms with van der Waals surface area (Å²) in [6.45, 7) is 4.74. The van der Waals surface area contributed by atoms with Crippen molar-refractivity contribution in [3.8, 4) is 5.75 Å². The number of benzene rings is 1. The van der Waals surface area contributed by atoms with Crippen molar-refractivity contribution < 1.29 is 9.47 Å². The fourth-order valence-electron chi connectivity index (χ4n) is 3.18. The fraction of sp³-hybridized carbons (Fsp3) is 0.632. The van der Waals surface area contributed by atoms with Gasteiger partial charge in [-0.25, -0.2) is 0 Å². The normalized spacial score (nSPS) is 17.7. The molecule has 0 aliphatic carbocycles. The molecule has 1 atom stereocenters. The molecule has 0 amide bonds. The predicted octanol–water partition coefficient (Wildman–Crippen LogP) is 2.13. The monoisotopic (exact) mass is 476 g/mol. The molecule has 1 aromatic rings. The van der Waals surface area contributed by atoms with Gasteiger partial charge in [0.15, 0.2) is 5.96 Å². The average molecular weight is 476 g/mol. The lowest BCUT2D eigenvalue weighted by molar-refractivity contribution is 0.141. The first kappa shape index (κ1) is 23.0. The summed E-state index contributed by atoms with van der Waals surface area (Å²) in [4.78, 5) is 6.83. The number of likely N-dealkylation sites (tertiary alicyclic amines) is 1. The van der Waals surface area contributed by atoms with Gasteiger partial charge in [-0.15, -0.1) is 24.0 Å². The molecule has 26 heavy (non-hydrogen) atoms. The van der Waals surface area contributed by atoms with E-state index in [4.69, 9.17) is 9.47 Å². The Morgan fingerprint density at radius 3 is 2.65 bits per heavy atom. The van der Waals surface area contributed by atoms with E-state index in [1.165, 1.54) is 24.9 Å². The maximum atomic E-state index is 5.20. The van der Waals surface area contributed by atoms with Crippen LogP contribution in [-0.2, 0) is 11.2 Å². The van der Waals surface area contributed by atoms with Crippen LogP contribution in [-0.4, -0.2) is 71.0 Å².